The molecule has 34 heavy (non-hydrogen) atoms. The lowest BCUT2D eigenvalue weighted by Crippen LogP contribution is -2.39. The fourth-order valence-corrected chi connectivity index (χ4v) is 3.93. The van der Waals surface area contributed by atoms with Crippen LogP contribution in [0, 0.1) is 0 Å². The summed E-state index contributed by atoms with van der Waals surface area (Å²) in [6.07, 6.45) is 0.264. The number of carbonyl (C=O) groups excluding carboxylic acids is 1. The average Bonchev–Trinajstić information content (AvgIpc) is 3.46. The molecule has 1 aliphatic rings. The first-order chi connectivity index (χ1) is 15.5. The highest BCUT2D eigenvalue weighted by Crippen LogP contribution is 2.49. The van der Waals surface area contributed by atoms with Crippen LogP contribution >= 0.6 is 18.5 Å². The summed E-state index contributed by atoms with van der Waals surface area (Å²) in [5, 5.41) is 3.18. The van der Waals surface area contributed by atoms with Gasteiger partial charge < -0.3 is 14.2 Å². The third kappa shape index (κ3) is 6.70. The van der Waals surface area contributed by atoms with Gasteiger partial charge in [0.1, 0.15) is 11.4 Å². The Hall–Kier alpha value is -1.70. The molecule has 1 aromatic heterocycles. The molecule has 1 amide bonds. The van der Waals surface area contributed by atoms with Crippen LogP contribution in [0.2, 0.25) is 0 Å². The molecule has 0 spiro atoms. The van der Waals surface area contributed by atoms with Gasteiger partial charge in [0.05, 0.1) is 16.7 Å². The van der Waals surface area contributed by atoms with E-state index in [4.69, 9.17) is 4.74 Å². The number of nitrogens with zero attached hydrogens (tertiary/aromatic N) is 1. The number of pyridine rings is 1. The van der Waals surface area contributed by atoms with E-state index in [0.717, 1.165) is 6.07 Å². The van der Waals surface area contributed by atoms with E-state index >= 15 is 0 Å². The van der Waals surface area contributed by atoms with Crippen molar-refractivity contribution in [3.8, 4) is 5.75 Å². The Morgan fingerprint density at radius 3 is 2.21 bits per heavy atom. The summed E-state index contributed by atoms with van der Waals surface area (Å²) < 4.78 is 71.5. The van der Waals surface area contributed by atoms with Gasteiger partial charge in [-0.25, -0.2) is 4.79 Å². The van der Waals surface area contributed by atoms with Crippen LogP contribution in [0.25, 0.3) is 10.9 Å². The molecule has 0 bridgehead atoms. The van der Waals surface area contributed by atoms with Gasteiger partial charge in [-0.15, -0.1) is 18.5 Å². The maximum atomic E-state index is 12.9. The number of alkyl carbamates (subject to hydrolysis) is 1. The molecule has 0 radical (unpaired) electrons. The van der Waals surface area contributed by atoms with E-state index in [2.05, 4.69) is 33.0 Å². The highest BCUT2D eigenvalue weighted by Gasteiger charge is 2.50. The van der Waals surface area contributed by atoms with Gasteiger partial charge in [-0.2, -0.15) is 21.6 Å². The Morgan fingerprint density at radius 2 is 1.74 bits per heavy atom. The molecule has 13 heteroatoms. The summed E-state index contributed by atoms with van der Waals surface area (Å²) in [5.41, 5.74) is -6.05. The average molecular weight is 540 g/mol. The number of alkyl halides is 3. The van der Waals surface area contributed by atoms with Crippen molar-refractivity contribution in [1.82, 2.24) is 10.3 Å². The molecule has 1 N–H and O–H groups in total. The van der Waals surface area contributed by atoms with Crippen molar-refractivity contribution in [3.05, 3.63) is 35.5 Å². The van der Waals surface area contributed by atoms with E-state index < -0.39 is 38.6 Å². The van der Waals surface area contributed by atoms with E-state index in [0.29, 0.717) is 29.5 Å². The normalized spacial score (nSPS) is 15.4. The summed E-state index contributed by atoms with van der Waals surface area (Å²) in [6, 6.07) is 5.79. The van der Waals surface area contributed by atoms with Gasteiger partial charge in [-0.1, -0.05) is 19.9 Å². The lowest BCUT2D eigenvalue weighted by Gasteiger charge is -2.25. The number of aromatic nitrogens is 1. The van der Waals surface area contributed by atoms with Crippen LogP contribution in [0.5, 0.6) is 5.75 Å². The molecule has 1 aromatic carbocycles. The summed E-state index contributed by atoms with van der Waals surface area (Å²) in [6.45, 7) is 9.10. The summed E-state index contributed by atoms with van der Waals surface area (Å²) >= 11 is 0. The van der Waals surface area contributed by atoms with Crippen LogP contribution in [-0.2, 0) is 20.4 Å². The molecule has 3 rings (SSSR count). The lowest BCUT2D eigenvalue weighted by atomic mass is 9.98. The monoisotopic (exact) mass is 540 g/mol. The zero-order chi connectivity index (χ0) is 26.1. The number of hydrogen-bond donors (Lipinski definition) is 1. The Morgan fingerprint density at radius 1 is 1.15 bits per heavy atom. The lowest BCUT2D eigenvalue weighted by molar-refractivity contribution is -0.0500. The second-order valence-electron chi connectivity index (χ2n) is 8.49. The topological polar surface area (TPSA) is 94.6 Å². The summed E-state index contributed by atoms with van der Waals surface area (Å²) in [7, 11) is -0.842. The van der Waals surface area contributed by atoms with Crippen LogP contribution in [0.4, 0.5) is 18.0 Å². The Kier molecular flexibility index (Phi) is 8.49. The molecule has 1 fully saturated rings. The van der Waals surface area contributed by atoms with Gasteiger partial charge in [0.2, 0.25) is 0 Å². The first-order valence-electron chi connectivity index (χ1n) is 10.5. The highest BCUT2D eigenvalue weighted by atomic mass is 32.2. The minimum absolute atomic E-state index is 0.138. The number of nitrogens with one attached hydrogen (secondary N) is 1. The van der Waals surface area contributed by atoms with Gasteiger partial charge in [0.15, 0.2) is 0 Å². The van der Waals surface area contributed by atoms with Gasteiger partial charge in [0, 0.05) is 16.9 Å². The predicted molar refractivity (Wildman–Crippen MR) is 131 cm³/mol. The number of fused-ring (bicyclic) bond motifs is 1. The maximum Gasteiger partial charge on any atom is 0.534 e. The first kappa shape index (κ1) is 28.5. The van der Waals surface area contributed by atoms with Gasteiger partial charge in [0.25, 0.3) is 0 Å². The van der Waals surface area contributed by atoms with Crippen molar-refractivity contribution in [3.63, 3.8) is 0 Å². The third-order valence-electron chi connectivity index (χ3n) is 4.64. The van der Waals surface area contributed by atoms with Gasteiger partial charge in [-0.05, 0) is 51.3 Å². The molecule has 190 valence electrons. The molecular formula is C21H29F3N2O5P2S. The molecule has 1 aliphatic carbocycles. The zero-order valence-corrected chi connectivity index (χ0v) is 22.6. The van der Waals surface area contributed by atoms with Crippen molar-refractivity contribution in [1.29, 1.82) is 0 Å². The second kappa shape index (κ2) is 10.1. The fraction of sp³-hybridized carbons (Fsp3) is 0.524. The van der Waals surface area contributed by atoms with E-state index in [1.807, 2.05) is 13.8 Å². The van der Waals surface area contributed by atoms with Gasteiger partial charge >= 0.3 is 21.7 Å². The standard InChI is InChI=1S/C19H23F3N2O5P2S.C2H6/c1-17(2,3)28-16(25)24-18(6-7-18)12-8-10(29-32(26,27)19(20,21)22)9-14-11(12)4-5-13(23-14)15(30)31;1-2/h4-5,8-9,15H,6-7,30-31H2,1-3H3,(H,24,25);1-2H3. The van der Waals surface area contributed by atoms with E-state index in [-0.39, 0.29) is 10.9 Å². The van der Waals surface area contributed by atoms with E-state index in [1.54, 1.807) is 32.9 Å². The van der Waals surface area contributed by atoms with Crippen molar-refractivity contribution in [2.75, 3.05) is 0 Å². The van der Waals surface area contributed by atoms with Crippen LogP contribution < -0.4 is 9.50 Å². The van der Waals surface area contributed by atoms with Crippen LogP contribution in [-0.4, -0.2) is 30.6 Å². The third-order valence-corrected chi connectivity index (χ3v) is 6.30. The van der Waals surface area contributed by atoms with E-state index in [9.17, 15) is 26.4 Å². The largest absolute Gasteiger partial charge is 0.534 e. The molecule has 1 heterocycles. The molecule has 2 atom stereocenters. The summed E-state index contributed by atoms with van der Waals surface area (Å²) in [4.78, 5) is 16.8. The number of halogens is 3. The molecule has 1 saturated carbocycles. The molecule has 7 nitrogen and oxygen atoms in total. The van der Waals surface area contributed by atoms with Crippen molar-refractivity contribution in [2.45, 2.75) is 69.5 Å². The van der Waals surface area contributed by atoms with Crippen molar-refractivity contribution >= 4 is 45.6 Å². The zero-order valence-electron chi connectivity index (χ0n) is 19.5. The molecule has 2 unspecified atom stereocenters. The minimum Gasteiger partial charge on any atom is -0.444 e. The quantitative estimate of drug-likeness (QED) is 0.295. The Bertz CT molecular complexity index is 1160. The van der Waals surface area contributed by atoms with Gasteiger partial charge in [-0.3, -0.25) is 4.98 Å². The number of hydrogen-bond acceptors (Lipinski definition) is 6. The van der Waals surface area contributed by atoms with Crippen molar-refractivity contribution in [2.24, 2.45) is 0 Å². The molecule has 2 aromatic rings. The molecule has 0 aliphatic heterocycles. The molecular weight excluding hydrogens is 511 g/mol. The van der Waals surface area contributed by atoms with Crippen molar-refractivity contribution < 1.29 is 35.3 Å². The van der Waals surface area contributed by atoms with Crippen LogP contribution in [0.1, 0.15) is 64.1 Å². The minimum atomic E-state index is -5.88. The fourth-order valence-electron chi connectivity index (χ4n) is 3.11. The number of amides is 1. The second-order valence-corrected chi connectivity index (χ2v) is 12.2. The SMILES string of the molecule is CC.CC(C)(C)OC(=O)NC1(c2cc(OS(=O)(=O)C(F)(F)F)cc3nc(C(P)P)ccc23)CC1. The maximum absolute atomic E-state index is 12.9. The predicted octanol–water partition coefficient (Wildman–Crippen LogP) is 5.75. The number of carbonyl (C=O) groups is 1. The Labute approximate surface area is 202 Å². The first-order valence-corrected chi connectivity index (χ1v) is 13.3. The smallest absolute Gasteiger partial charge is 0.444 e. The number of rotatable bonds is 5. The van der Waals surface area contributed by atoms with Crippen LogP contribution in [0.15, 0.2) is 24.3 Å². The molecule has 0 saturated heterocycles. The number of ether oxygens (including phenoxy) is 1. The van der Waals surface area contributed by atoms with Crippen LogP contribution in [0.3, 0.4) is 0 Å². The summed E-state index contributed by atoms with van der Waals surface area (Å²) in [5.74, 6) is -0.546. The Balaban J connectivity index is 0.00000199. The highest BCUT2D eigenvalue weighted by molar-refractivity contribution is 7.88. The van der Waals surface area contributed by atoms with E-state index in [1.165, 1.54) is 6.07 Å². The number of benzene rings is 1.